The van der Waals surface area contributed by atoms with Crippen molar-refractivity contribution in [1.29, 1.82) is 0 Å². The lowest BCUT2D eigenvalue weighted by molar-refractivity contribution is -0.120. The summed E-state index contributed by atoms with van der Waals surface area (Å²) in [6.45, 7) is 3.12. The number of amides is 2. The van der Waals surface area contributed by atoms with Gasteiger partial charge in [0.05, 0.1) is 12.6 Å². The van der Waals surface area contributed by atoms with Gasteiger partial charge in [-0.1, -0.05) is 0 Å². The number of piperazine rings is 1. The van der Waals surface area contributed by atoms with Gasteiger partial charge >= 0.3 is 0 Å². The number of rotatable bonds is 6. The first-order valence-electron chi connectivity index (χ1n) is 9.95. The van der Waals surface area contributed by atoms with Crippen LogP contribution in [0.15, 0.2) is 48.5 Å². The van der Waals surface area contributed by atoms with Crippen molar-refractivity contribution in [3.05, 3.63) is 54.1 Å². The summed E-state index contributed by atoms with van der Waals surface area (Å²) >= 11 is 0. The van der Waals surface area contributed by atoms with Crippen LogP contribution in [0, 0.1) is 0 Å². The molecule has 0 unspecified atom stereocenters. The SMILES string of the molecule is O=C1CN(c2ccc(NC(=O)c3ccc(OC[C@H]4CCCO4)cc3)cc2)CCN1. The van der Waals surface area contributed by atoms with Crippen LogP contribution in [0.5, 0.6) is 5.75 Å². The number of nitrogens with one attached hydrogen (secondary N) is 2. The molecule has 0 radical (unpaired) electrons. The van der Waals surface area contributed by atoms with Gasteiger partial charge in [0.2, 0.25) is 5.91 Å². The van der Waals surface area contributed by atoms with E-state index in [0.29, 0.717) is 30.9 Å². The van der Waals surface area contributed by atoms with Crippen molar-refractivity contribution in [1.82, 2.24) is 5.32 Å². The highest BCUT2D eigenvalue weighted by Gasteiger charge is 2.17. The predicted molar refractivity (Wildman–Crippen MR) is 111 cm³/mol. The van der Waals surface area contributed by atoms with Crippen LogP contribution >= 0.6 is 0 Å². The van der Waals surface area contributed by atoms with Crippen LogP contribution in [-0.4, -0.2) is 50.8 Å². The number of carbonyl (C=O) groups excluding carboxylic acids is 2. The first-order chi connectivity index (χ1) is 14.2. The molecule has 4 rings (SSSR count). The Hall–Kier alpha value is -3.06. The van der Waals surface area contributed by atoms with Crippen molar-refractivity contribution in [2.24, 2.45) is 0 Å². The summed E-state index contributed by atoms with van der Waals surface area (Å²) in [4.78, 5) is 26.0. The van der Waals surface area contributed by atoms with Crippen molar-refractivity contribution in [2.45, 2.75) is 18.9 Å². The van der Waals surface area contributed by atoms with Gasteiger partial charge in [-0.05, 0) is 61.4 Å². The van der Waals surface area contributed by atoms with E-state index in [-0.39, 0.29) is 17.9 Å². The first kappa shape index (κ1) is 19.3. The smallest absolute Gasteiger partial charge is 0.255 e. The third-order valence-electron chi connectivity index (χ3n) is 5.11. The number of hydrogen-bond donors (Lipinski definition) is 2. The average molecular weight is 395 g/mol. The number of anilines is 2. The maximum Gasteiger partial charge on any atom is 0.255 e. The van der Waals surface area contributed by atoms with E-state index in [9.17, 15) is 9.59 Å². The van der Waals surface area contributed by atoms with E-state index >= 15 is 0 Å². The third kappa shape index (κ3) is 5.06. The summed E-state index contributed by atoms with van der Waals surface area (Å²) in [6.07, 6.45) is 2.28. The van der Waals surface area contributed by atoms with E-state index < -0.39 is 0 Å². The molecular formula is C22H25N3O4. The van der Waals surface area contributed by atoms with Crippen molar-refractivity contribution in [3.8, 4) is 5.75 Å². The molecule has 7 heteroatoms. The molecular weight excluding hydrogens is 370 g/mol. The maximum absolute atomic E-state index is 12.5. The van der Waals surface area contributed by atoms with Gasteiger partial charge in [-0.2, -0.15) is 0 Å². The summed E-state index contributed by atoms with van der Waals surface area (Å²) < 4.78 is 11.3. The molecule has 2 saturated heterocycles. The largest absolute Gasteiger partial charge is 0.491 e. The molecule has 0 bridgehead atoms. The van der Waals surface area contributed by atoms with E-state index in [1.165, 1.54) is 0 Å². The molecule has 1 atom stereocenters. The van der Waals surface area contributed by atoms with Crippen molar-refractivity contribution >= 4 is 23.2 Å². The van der Waals surface area contributed by atoms with Crippen LogP contribution in [0.25, 0.3) is 0 Å². The van der Waals surface area contributed by atoms with Gasteiger partial charge in [0, 0.05) is 36.6 Å². The lowest BCUT2D eigenvalue weighted by Crippen LogP contribution is -2.47. The zero-order valence-corrected chi connectivity index (χ0v) is 16.2. The zero-order chi connectivity index (χ0) is 20.1. The standard InChI is InChI=1S/C22H25N3O4/c26-21-14-25(12-11-23-21)18-7-5-17(6-8-18)24-22(27)16-3-9-19(10-4-16)29-15-20-2-1-13-28-20/h3-10,20H,1-2,11-15H2,(H,23,26)(H,24,27)/t20-/m1/s1. The van der Waals surface area contributed by atoms with E-state index in [4.69, 9.17) is 9.47 Å². The second-order valence-electron chi connectivity index (χ2n) is 7.24. The fourth-order valence-electron chi connectivity index (χ4n) is 3.49. The second kappa shape index (κ2) is 8.96. The summed E-state index contributed by atoms with van der Waals surface area (Å²) in [6, 6.07) is 14.6. The Bertz CT molecular complexity index is 845. The molecule has 0 aromatic heterocycles. The zero-order valence-electron chi connectivity index (χ0n) is 16.2. The molecule has 2 aromatic carbocycles. The highest BCUT2D eigenvalue weighted by atomic mass is 16.5. The highest BCUT2D eigenvalue weighted by Crippen LogP contribution is 2.20. The normalized spacial score (nSPS) is 19.0. The third-order valence-corrected chi connectivity index (χ3v) is 5.11. The van der Waals surface area contributed by atoms with Crippen molar-refractivity contribution in [3.63, 3.8) is 0 Å². The summed E-state index contributed by atoms with van der Waals surface area (Å²) in [5.74, 6) is 0.574. The van der Waals surface area contributed by atoms with E-state index in [2.05, 4.69) is 10.6 Å². The van der Waals surface area contributed by atoms with Gasteiger partial charge in [-0.3, -0.25) is 9.59 Å². The van der Waals surface area contributed by atoms with Crippen LogP contribution in [-0.2, 0) is 9.53 Å². The minimum atomic E-state index is -0.180. The molecule has 2 fully saturated rings. The van der Waals surface area contributed by atoms with Crippen LogP contribution < -0.4 is 20.3 Å². The summed E-state index contributed by atoms with van der Waals surface area (Å²) in [5.41, 5.74) is 2.23. The van der Waals surface area contributed by atoms with Crippen LogP contribution in [0.2, 0.25) is 0 Å². The van der Waals surface area contributed by atoms with Crippen molar-refractivity contribution in [2.75, 3.05) is 43.1 Å². The van der Waals surface area contributed by atoms with E-state index in [1.807, 2.05) is 29.2 Å². The molecule has 0 aliphatic carbocycles. The monoisotopic (exact) mass is 395 g/mol. The Balaban J connectivity index is 1.30. The van der Waals surface area contributed by atoms with Crippen molar-refractivity contribution < 1.29 is 19.1 Å². The predicted octanol–water partition coefficient (Wildman–Crippen LogP) is 2.43. The summed E-state index contributed by atoms with van der Waals surface area (Å²) in [5, 5.41) is 5.71. The molecule has 2 amide bonds. The molecule has 0 saturated carbocycles. The quantitative estimate of drug-likeness (QED) is 0.785. The highest BCUT2D eigenvalue weighted by molar-refractivity contribution is 6.04. The van der Waals surface area contributed by atoms with Gasteiger partial charge in [0.15, 0.2) is 0 Å². The molecule has 0 spiro atoms. The lowest BCUT2D eigenvalue weighted by atomic mass is 10.2. The fourth-order valence-corrected chi connectivity index (χ4v) is 3.49. The number of hydrogen-bond acceptors (Lipinski definition) is 5. The minimum absolute atomic E-state index is 0.0248. The average Bonchev–Trinajstić information content (AvgIpc) is 3.27. The number of ether oxygens (including phenoxy) is 2. The van der Waals surface area contributed by atoms with Gasteiger partial charge < -0.3 is 25.0 Å². The lowest BCUT2D eigenvalue weighted by Gasteiger charge is -2.28. The van der Waals surface area contributed by atoms with Gasteiger partial charge in [0.25, 0.3) is 5.91 Å². The topological polar surface area (TPSA) is 79.9 Å². The van der Waals surface area contributed by atoms with E-state index in [0.717, 1.165) is 37.4 Å². The number of benzene rings is 2. The Morgan fingerprint density at radius 2 is 1.97 bits per heavy atom. The minimum Gasteiger partial charge on any atom is -0.491 e. The van der Waals surface area contributed by atoms with E-state index in [1.54, 1.807) is 24.3 Å². The number of nitrogens with zero attached hydrogens (tertiary/aromatic N) is 1. The first-order valence-corrected chi connectivity index (χ1v) is 9.95. The Morgan fingerprint density at radius 3 is 2.66 bits per heavy atom. The molecule has 29 heavy (non-hydrogen) atoms. The molecule has 2 aromatic rings. The molecule has 2 aliphatic rings. The Labute approximate surface area is 170 Å². The molecule has 2 heterocycles. The van der Waals surface area contributed by atoms with Gasteiger partial charge in [-0.25, -0.2) is 0 Å². The Morgan fingerprint density at radius 1 is 1.17 bits per heavy atom. The van der Waals surface area contributed by atoms with Crippen LogP contribution in [0.3, 0.4) is 0 Å². The molecule has 2 aliphatic heterocycles. The maximum atomic E-state index is 12.5. The van der Waals surface area contributed by atoms with Crippen LogP contribution in [0.1, 0.15) is 23.2 Å². The second-order valence-corrected chi connectivity index (χ2v) is 7.24. The molecule has 152 valence electrons. The van der Waals surface area contributed by atoms with Crippen LogP contribution in [0.4, 0.5) is 11.4 Å². The fraction of sp³-hybridized carbons (Fsp3) is 0.364. The summed E-state index contributed by atoms with van der Waals surface area (Å²) in [7, 11) is 0. The molecule has 7 nitrogen and oxygen atoms in total. The Kier molecular flexibility index (Phi) is 5.95. The van der Waals surface area contributed by atoms with Gasteiger partial charge in [-0.15, -0.1) is 0 Å². The number of carbonyl (C=O) groups is 2. The molecule has 2 N–H and O–H groups in total. The van der Waals surface area contributed by atoms with Gasteiger partial charge in [0.1, 0.15) is 12.4 Å².